The number of nitrogens with zero attached hydrogens (tertiary/aromatic N) is 1. The maximum Gasteiger partial charge on any atom is 0.407 e. The van der Waals surface area contributed by atoms with Crippen molar-refractivity contribution in [2.75, 3.05) is 13.2 Å². The topological polar surface area (TPSA) is 111 Å². The van der Waals surface area contributed by atoms with Crippen LogP contribution in [0.25, 0.3) is 0 Å². The number of amides is 2. The number of hydrogen-bond acceptors (Lipinski definition) is 5. The van der Waals surface area contributed by atoms with Gasteiger partial charge in [0, 0.05) is 13.0 Å². The zero-order valence-electron chi connectivity index (χ0n) is 13.7. The maximum atomic E-state index is 12.2. The van der Waals surface area contributed by atoms with Gasteiger partial charge in [-0.25, -0.2) is 4.79 Å². The lowest BCUT2D eigenvalue weighted by molar-refractivity contribution is -0.123. The number of rotatable bonds is 9. The SMILES string of the molecule is CCCCOC(=O)NC(Cc1ccc(O)cc1)C(=O)NCCC#N. The van der Waals surface area contributed by atoms with Crippen molar-refractivity contribution < 1.29 is 19.4 Å². The number of carbonyl (C=O) groups is 2. The minimum Gasteiger partial charge on any atom is -0.508 e. The number of carbonyl (C=O) groups excluding carboxylic acids is 2. The van der Waals surface area contributed by atoms with Crippen LogP contribution in [0.5, 0.6) is 5.75 Å². The molecule has 1 aromatic rings. The van der Waals surface area contributed by atoms with Crippen LogP contribution in [0.2, 0.25) is 0 Å². The highest BCUT2D eigenvalue weighted by Gasteiger charge is 2.21. The van der Waals surface area contributed by atoms with Gasteiger partial charge in [-0.3, -0.25) is 4.79 Å². The highest BCUT2D eigenvalue weighted by atomic mass is 16.5. The van der Waals surface area contributed by atoms with Crippen LogP contribution in [0.1, 0.15) is 31.7 Å². The van der Waals surface area contributed by atoms with Crippen molar-refractivity contribution in [1.29, 1.82) is 5.26 Å². The lowest BCUT2D eigenvalue weighted by Gasteiger charge is -2.18. The first-order valence-electron chi connectivity index (χ1n) is 7.92. The highest BCUT2D eigenvalue weighted by Crippen LogP contribution is 2.11. The molecular weight excluding hydrogens is 310 g/mol. The zero-order valence-corrected chi connectivity index (χ0v) is 13.7. The van der Waals surface area contributed by atoms with E-state index < -0.39 is 12.1 Å². The molecule has 3 N–H and O–H groups in total. The van der Waals surface area contributed by atoms with Crippen molar-refractivity contribution in [2.45, 2.75) is 38.6 Å². The Labute approximate surface area is 141 Å². The van der Waals surface area contributed by atoms with E-state index in [1.54, 1.807) is 12.1 Å². The summed E-state index contributed by atoms with van der Waals surface area (Å²) < 4.78 is 5.02. The number of nitriles is 1. The summed E-state index contributed by atoms with van der Waals surface area (Å²) in [6.45, 7) is 2.50. The van der Waals surface area contributed by atoms with Crippen molar-refractivity contribution in [1.82, 2.24) is 10.6 Å². The van der Waals surface area contributed by atoms with E-state index in [1.807, 2.05) is 13.0 Å². The number of nitrogens with one attached hydrogen (secondary N) is 2. The number of ether oxygens (including phenoxy) is 1. The minimum atomic E-state index is -0.817. The van der Waals surface area contributed by atoms with Crippen molar-refractivity contribution in [2.24, 2.45) is 0 Å². The second-order valence-corrected chi connectivity index (χ2v) is 5.26. The van der Waals surface area contributed by atoms with Gasteiger partial charge >= 0.3 is 6.09 Å². The fourth-order valence-electron chi connectivity index (χ4n) is 1.93. The summed E-state index contributed by atoms with van der Waals surface area (Å²) in [5.74, 6) is -0.258. The van der Waals surface area contributed by atoms with Crippen LogP contribution in [0.4, 0.5) is 4.79 Å². The molecule has 0 aromatic heterocycles. The number of benzene rings is 1. The Morgan fingerprint density at radius 3 is 2.67 bits per heavy atom. The Kier molecular flexibility index (Phi) is 8.76. The standard InChI is InChI=1S/C17H23N3O4/c1-2-3-11-24-17(23)20-15(16(22)19-10-4-9-18)12-13-5-7-14(21)8-6-13/h5-8,15,21H,2-4,10-12H2,1H3,(H,19,22)(H,20,23). The molecule has 0 fully saturated rings. The van der Waals surface area contributed by atoms with Gasteiger partial charge in [0.05, 0.1) is 19.1 Å². The summed E-state index contributed by atoms with van der Waals surface area (Å²) in [5, 5.41) is 23.0. The van der Waals surface area contributed by atoms with E-state index in [1.165, 1.54) is 12.1 Å². The Bertz CT molecular complexity index is 566. The van der Waals surface area contributed by atoms with Crippen LogP contribution in [0.3, 0.4) is 0 Å². The number of unbranched alkanes of at least 4 members (excludes halogenated alkanes) is 1. The summed E-state index contributed by atoms with van der Waals surface area (Å²) in [7, 11) is 0. The van der Waals surface area contributed by atoms with E-state index in [0.717, 1.165) is 18.4 Å². The van der Waals surface area contributed by atoms with Crippen LogP contribution in [-0.2, 0) is 16.0 Å². The van der Waals surface area contributed by atoms with E-state index >= 15 is 0 Å². The molecule has 24 heavy (non-hydrogen) atoms. The van der Waals surface area contributed by atoms with Gasteiger partial charge in [0.1, 0.15) is 11.8 Å². The van der Waals surface area contributed by atoms with Gasteiger partial charge in [0.15, 0.2) is 0 Å². The molecule has 1 aromatic carbocycles. The first-order chi connectivity index (χ1) is 11.6. The third-order valence-corrected chi connectivity index (χ3v) is 3.25. The Morgan fingerprint density at radius 2 is 2.04 bits per heavy atom. The van der Waals surface area contributed by atoms with Gasteiger partial charge in [-0.05, 0) is 24.1 Å². The van der Waals surface area contributed by atoms with E-state index in [-0.39, 0.29) is 31.0 Å². The molecule has 0 bridgehead atoms. The number of hydrogen-bond donors (Lipinski definition) is 3. The molecule has 1 atom stereocenters. The predicted molar refractivity (Wildman–Crippen MR) is 88.2 cm³/mol. The summed E-state index contributed by atoms with van der Waals surface area (Å²) in [6, 6.07) is 7.50. The molecule has 0 aliphatic rings. The molecule has 1 unspecified atom stereocenters. The molecule has 0 radical (unpaired) electrons. The normalized spacial score (nSPS) is 11.2. The predicted octanol–water partition coefficient (Wildman–Crippen LogP) is 1.86. The molecule has 130 valence electrons. The molecule has 7 nitrogen and oxygen atoms in total. The van der Waals surface area contributed by atoms with Crippen molar-refractivity contribution >= 4 is 12.0 Å². The van der Waals surface area contributed by atoms with Crippen LogP contribution in [0.15, 0.2) is 24.3 Å². The third kappa shape index (κ3) is 7.49. The molecule has 7 heteroatoms. The lowest BCUT2D eigenvalue weighted by atomic mass is 10.1. The Balaban J connectivity index is 2.67. The molecule has 0 saturated heterocycles. The Hall–Kier alpha value is -2.75. The van der Waals surface area contributed by atoms with Crippen LogP contribution in [0, 0.1) is 11.3 Å². The monoisotopic (exact) mass is 333 g/mol. The quantitative estimate of drug-likeness (QED) is 0.597. The summed E-state index contributed by atoms with van der Waals surface area (Å²) in [4.78, 5) is 24.0. The molecule has 0 heterocycles. The smallest absolute Gasteiger partial charge is 0.407 e. The third-order valence-electron chi connectivity index (χ3n) is 3.25. The fourth-order valence-corrected chi connectivity index (χ4v) is 1.93. The average Bonchev–Trinajstić information content (AvgIpc) is 2.56. The van der Waals surface area contributed by atoms with E-state index in [2.05, 4.69) is 10.6 Å². The maximum absolute atomic E-state index is 12.2. The van der Waals surface area contributed by atoms with E-state index in [9.17, 15) is 14.7 Å². The van der Waals surface area contributed by atoms with Gasteiger partial charge in [-0.1, -0.05) is 25.5 Å². The largest absolute Gasteiger partial charge is 0.508 e. The van der Waals surface area contributed by atoms with Crippen molar-refractivity contribution in [3.05, 3.63) is 29.8 Å². The number of phenols is 1. The first-order valence-corrected chi connectivity index (χ1v) is 7.92. The highest BCUT2D eigenvalue weighted by molar-refractivity contribution is 5.85. The summed E-state index contributed by atoms with van der Waals surface area (Å²) >= 11 is 0. The first kappa shape index (κ1) is 19.3. The van der Waals surface area contributed by atoms with Crippen molar-refractivity contribution in [3.8, 4) is 11.8 Å². The van der Waals surface area contributed by atoms with Gasteiger partial charge in [0.2, 0.25) is 5.91 Å². The van der Waals surface area contributed by atoms with Crippen LogP contribution in [-0.4, -0.2) is 36.3 Å². The van der Waals surface area contributed by atoms with Crippen LogP contribution >= 0.6 is 0 Å². The second kappa shape index (κ2) is 10.9. The summed E-state index contributed by atoms with van der Waals surface area (Å²) in [6.07, 6.45) is 1.45. The molecule has 2 amide bonds. The van der Waals surface area contributed by atoms with Gasteiger partial charge < -0.3 is 20.5 Å². The summed E-state index contributed by atoms with van der Waals surface area (Å²) in [5.41, 5.74) is 0.780. The molecule has 0 aliphatic carbocycles. The zero-order chi connectivity index (χ0) is 17.8. The molecule has 0 saturated carbocycles. The van der Waals surface area contributed by atoms with Gasteiger partial charge in [-0.15, -0.1) is 0 Å². The van der Waals surface area contributed by atoms with Crippen molar-refractivity contribution in [3.63, 3.8) is 0 Å². The molecule has 1 rings (SSSR count). The molecule has 0 aliphatic heterocycles. The lowest BCUT2D eigenvalue weighted by Crippen LogP contribution is -2.48. The molecule has 0 spiro atoms. The number of alkyl carbamates (subject to hydrolysis) is 1. The average molecular weight is 333 g/mol. The second-order valence-electron chi connectivity index (χ2n) is 5.26. The fraction of sp³-hybridized carbons (Fsp3) is 0.471. The Morgan fingerprint density at radius 1 is 1.33 bits per heavy atom. The van der Waals surface area contributed by atoms with Gasteiger partial charge in [-0.2, -0.15) is 5.26 Å². The van der Waals surface area contributed by atoms with Gasteiger partial charge in [0.25, 0.3) is 0 Å². The number of phenolic OH excluding ortho intramolecular Hbond substituents is 1. The van der Waals surface area contributed by atoms with E-state index in [4.69, 9.17) is 10.00 Å². The number of aromatic hydroxyl groups is 1. The minimum absolute atomic E-state index is 0.126. The van der Waals surface area contributed by atoms with Crippen LogP contribution < -0.4 is 10.6 Å². The van der Waals surface area contributed by atoms with E-state index in [0.29, 0.717) is 6.61 Å². The molecular formula is C17H23N3O4.